The summed E-state index contributed by atoms with van der Waals surface area (Å²) in [5, 5.41) is 2.87. The normalized spacial score (nSPS) is 25.5. The zero-order valence-electron chi connectivity index (χ0n) is 5.02. The van der Waals surface area contributed by atoms with E-state index in [9.17, 15) is 4.79 Å². The van der Waals surface area contributed by atoms with Crippen LogP contribution in [0.1, 0.15) is 13.8 Å². The quantitative estimate of drug-likeness (QED) is 0.447. The minimum absolute atomic E-state index is 0.169. The van der Waals surface area contributed by atoms with Crippen molar-refractivity contribution in [3.63, 3.8) is 0 Å². The lowest BCUT2D eigenvalue weighted by molar-refractivity contribution is -0.141. The van der Waals surface area contributed by atoms with Crippen LogP contribution in [-0.2, 0) is 9.53 Å². The zero-order chi connectivity index (χ0) is 6.20. The van der Waals surface area contributed by atoms with Gasteiger partial charge in [-0.3, -0.25) is 10.1 Å². The Morgan fingerprint density at radius 2 is 2.38 bits per heavy atom. The van der Waals surface area contributed by atoms with Gasteiger partial charge in [-0.2, -0.15) is 0 Å². The molecule has 0 atom stereocenters. The van der Waals surface area contributed by atoms with Crippen LogP contribution in [0.2, 0.25) is 0 Å². The molecule has 1 saturated heterocycles. The predicted molar refractivity (Wildman–Crippen MR) is 28.2 cm³/mol. The van der Waals surface area contributed by atoms with Crippen LogP contribution in [0.15, 0.2) is 0 Å². The minimum atomic E-state index is -0.458. The Kier molecular flexibility index (Phi) is 1.01. The van der Waals surface area contributed by atoms with Crippen LogP contribution >= 0.6 is 0 Å². The zero-order valence-corrected chi connectivity index (χ0v) is 5.02. The van der Waals surface area contributed by atoms with Crippen molar-refractivity contribution in [1.29, 1.82) is 0 Å². The molecule has 0 saturated carbocycles. The molecule has 8 heavy (non-hydrogen) atoms. The van der Waals surface area contributed by atoms with Crippen molar-refractivity contribution in [1.82, 2.24) is 5.32 Å². The fraction of sp³-hybridized carbons (Fsp3) is 0.800. The second kappa shape index (κ2) is 1.45. The maximum absolute atomic E-state index is 10.6. The van der Waals surface area contributed by atoms with Crippen LogP contribution in [0.3, 0.4) is 0 Å². The van der Waals surface area contributed by atoms with Gasteiger partial charge in [-0.1, -0.05) is 0 Å². The van der Waals surface area contributed by atoms with Gasteiger partial charge in [0.05, 0.1) is 0 Å². The second-order valence-corrected chi connectivity index (χ2v) is 2.38. The van der Waals surface area contributed by atoms with E-state index in [0.29, 0.717) is 6.73 Å². The summed E-state index contributed by atoms with van der Waals surface area (Å²) in [5.41, 5.74) is -0.458. The lowest BCUT2D eigenvalue weighted by Gasteiger charge is -2.09. The van der Waals surface area contributed by atoms with Crippen LogP contribution in [0.4, 0.5) is 0 Å². The fourth-order valence-electron chi connectivity index (χ4n) is 0.535. The molecule has 1 N–H and O–H groups in total. The third-order valence-corrected chi connectivity index (χ3v) is 1.23. The summed E-state index contributed by atoms with van der Waals surface area (Å²) in [6.45, 7) is 3.94. The summed E-state index contributed by atoms with van der Waals surface area (Å²) >= 11 is 0. The van der Waals surface area contributed by atoms with Gasteiger partial charge in [0.25, 0.3) is 0 Å². The Morgan fingerprint density at radius 3 is 2.50 bits per heavy atom. The van der Waals surface area contributed by atoms with Gasteiger partial charge in [-0.25, -0.2) is 0 Å². The smallest absolute Gasteiger partial charge is 0.327 e. The highest BCUT2D eigenvalue weighted by Gasteiger charge is 2.33. The van der Waals surface area contributed by atoms with Gasteiger partial charge in [-0.15, -0.1) is 0 Å². The van der Waals surface area contributed by atoms with E-state index in [1.54, 1.807) is 13.8 Å². The van der Waals surface area contributed by atoms with E-state index in [0.717, 1.165) is 0 Å². The molecule has 0 spiro atoms. The van der Waals surface area contributed by atoms with Crippen LogP contribution in [0.25, 0.3) is 0 Å². The first-order valence-electron chi connectivity index (χ1n) is 2.55. The van der Waals surface area contributed by atoms with Crippen molar-refractivity contribution in [2.75, 3.05) is 6.73 Å². The number of rotatable bonds is 0. The van der Waals surface area contributed by atoms with Crippen molar-refractivity contribution in [2.45, 2.75) is 19.4 Å². The van der Waals surface area contributed by atoms with Gasteiger partial charge in [0, 0.05) is 0 Å². The van der Waals surface area contributed by atoms with E-state index in [-0.39, 0.29) is 5.97 Å². The average Bonchev–Trinajstić information content (AvgIpc) is 1.86. The van der Waals surface area contributed by atoms with E-state index in [2.05, 4.69) is 10.1 Å². The van der Waals surface area contributed by atoms with Crippen molar-refractivity contribution < 1.29 is 9.53 Å². The monoisotopic (exact) mass is 115 g/mol. The summed E-state index contributed by atoms with van der Waals surface area (Å²) in [5.74, 6) is -0.169. The van der Waals surface area contributed by atoms with E-state index >= 15 is 0 Å². The molecule has 0 radical (unpaired) electrons. The van der Waals surface area contributed by atoms with Crippen molar-refractivity contribution >= 4 is 5.97 Å². The molecular formula is C5H9NO2. The van der Waals surface area contributed by atoms with Gasteiger partial charge in [-0.05, 0) is 13.8 Å². The van der Waals surface area contributed by atoms with Crippen LogP contribution in [0, 0.1) is 0 Å². The minimum Gasteiger partial charge on any atom is -0.448 e. The van der Waals surface area contributed by atoms with Gasteiger partial charge in [0.2, 0.25) is 0 Å². The van der Waals surface area contributed by atoms with E-state index in [4.69, 9.17) is 0 Å². The van der Waals surface area contributed by atoms with Gasteiger partial charge in [0.15, 0.2) is 0 Å². The molecule has 0 unspecified atom stereocenters. The van der Waals surface area contributed by atoms with Crippen LogP contribution < -0.4 is 5.32 Å². The van der Waals surface area contributed by atoms with Gasteiger partial charge < -0.3 is 4.74 Å². The summed E-state index contributed by atoms with van der Waals surface area (Å²) in [4.78, 5) is 10.6. The fourth-order valence-corrected chi connectivity index (χ4v) is 0.535. The molecule has 1 heterocycles. The highest BCUT2D eigenvalue weighted by molar-refractivity contribution is 5.81. The van der Waals surface area contributed by atoms with Gasteiger partial charge >= 0.3 is 5.97 Å². The molecule has 1 rings (SSSR count). The van der Waals surface area contributed by atoms with Crippen molar-refractivity contribution in [2.24, 2.45) is 0 Å². The molecule has 3 nitrogen and oxygen atoms in total. The Morgan fingerprint density at radius 1 is 1.75 bits per heavy atom. The lowest BCUT2D eigenvalue weighted by atomic mass is 10.1. The van der Waals surface area contributed by atoms with Crippen molar-refractivity contribution in [3.8, 4) is 0 Å². The topological polar surface area (TPSA) is 38.3 Å². The molecule has 1 aliphatic rings. The third-order valence-electron chi connectivity index (χ3n) is 1.23. The number of ether oxygens (including phenoxy) is 1. The average molecular weight is 115 g/mol. The maximum atomic E-state index is 10.6. The first-order chi connectivity index (χ1) is 3.63. The molecule has 1 aliphatic heterocycles. The third kappa shape index (κ3) is 0.690. The molecule has 0 aliphatic carbocycles. The highest BCUT2D eigenvalue weighted by Crippen LogP contribution is 2.09. The molecule has 0 aromatic rings. The van der Waals surface area contributed by atoms with Gasteiger partial charge in [0.1, 0.15) is 12.3 Å². The second-order valence-electron chi connectivity index (χ2n) is 2.38. The van der Waals surface area contributed by atoms with E-state index in [1.165, 1.54) is 0 Å². The molecule has 3 heteroatoms. The Balaban J connectivity index is 2.68. The van der Waals surface area contributed by atoms with Crippen molar-refractivity contribution in [3.05, 3.63) is 0 Å². The number of nitrogens with one attached hydrogen (secondary N) is 1. The molecule has 0 aromatic heterocycles. The summed E-state index contributed by atoms with van der Waals surface area (Å²) in [7, 11) is 0. The largest absolute Gasteiger partial charge is 0.448 e. The van der Waals surface area contributed by atoms with E-state index < -0.39 is 5.54 Å². The molecule has 0 aromatic carbocycles. The summed E-state index contributed by atoms with van der Waals surface area (Å²) < 4.78 is 4.62. The molecular weight excluding hydrogens is 106 g/mol. The lowest BCUT2D eigenvalue weighted by Crippen LogP contribution is -2.38. The first-order valence-corrected chi connectivity index (χ1v) is 2.55. The number of carbonyl (C=O) groups is 1. The van der Waals surface area contributed by atoms with Crippen LogP contribution in [0.5, 0.6) is 0 Å². The standard InChI is InChI=1S/C5H9NO2/c1-5(2)4(7)8-3-6-5/h6H,3H2,1-2H3. The first kappa shape index (κ1) is 5.56. The highest BCUT2D eigenvalue weighted by atomic mass is 16.6. The predicted octanol–water partition coefficient (Wildman–Crippen LogP) is -0.131. The summed E-state index contributed by atoms with van der Waals surface area (Å²) in [6, 6.07) is 0. The maximum Gasteiger partial charge on any atom is 0.327 e. The molecule has 0 amide bonds. The Bertz CT molecular complexity index is 120. The molecule has 0 bridgehead atoms. The number of hydrogen-bond acceptors (Lipinski definition) is 3. The molecule has 1 fully saturated rings. The number of hydrogen-bond donors (Lipinski definition) is 1. The Hall–Kier alpha value is -0.570. The number of cyclic esters (lactones) is 1. The van der Waals surface area contributed by atoms with E-state index in [1.807, 2.05) is 0 Å². The van der Waals surface area contributed by atoms with Crippen LogP contribution in [-0.4, -0.2) is 18.2 Å². The summed E-state index contributed by atoms with van der Waals surface area (Å²) in [6.07, 6.45) is 0. The Labute approximate surface area is 48.0 Å². The molecule has 46 valence electrons. The number of esters is 1. The SMILES string of the molecule is CC1(C)NCOC1=O. The number of carbonyl (C=O) groups excluding carboxylic acids is 1.